The molecular weight excluding hydrogens is 319 g/mol. The number of nitrogens with one attached hydrogen (secondary N) is 1. The van der Waals surface area contributed by atoms with Crippen molar-refractivity contribution in [1.82, 2.24) is 10.4 Å². The molecule has 0 spiro atoms. The molecule has 1 aromatic carbocycles. The average molecular weight is 342 g/mol. The van der Waals surface area contributed by atoms with Crippen LogP contribution in [-0.2, 0) is 9.47 Å². The molecule has 134 valence electrons. The predicted octanol–water partition coefficient (Wildman–Crippen LogP) is 2.22. The zero-order valence-electron chi connectivity index (χ0n) is 13.8. The first-order valence-electron chi connectivity index (χ1n) is 7.70. The summed E-state index contributed by atoms with van der Waals surface area (Å²) < 4.78 is 23.3. The van der Waals surface area contributed by atoms with Gasteiger partial charge in [-0.25, -0.2) is 20.0 Å². The number of carbonyl (C=O) groups is 2. The van der Waals surface area contributed by atoms with Gasteiger partial charge in [-0.3, -0.25) is 4.39 Å². The molecule has 8 heteroatoms. The van der Waals surface area contributed by atoms with Crippen molar-refractivity contribution in [3.63, 3.8) is 0 Å². The molecule has 0 aliphatic rings. The Morgan fingerprint density at radius 1 is 1.21 bits per heavy atom. The van der Waals surface area contributed by atoms with Gasteiger partial charge >= 0.3 is 12.2 Å². The first-order chi connectivity index (χ1) is 11.6. The van der Waals surface area contributed by atoms with Gasteiger partial charge in [0.05, 0.1) is 32.5 Å². The molecule has 1 rings (SSSR count). The lowest BCUT2D eigenvalue weighted by molar-refractivity contribution is 0.0287. The number of hydrazine groups is 1. The molecule has 24 heavy (non-hydrogen) atoms. The highest BCUT2D eigenvalue weighted by Crippen LogP contribution is 2.24. The summed E-state index contributed by atoms with van der Waals surface area (Å²) in [6, 6.07) is 7.52. The summed E-state index contributed by atoms with van der Waals surface area (Å²) in [7, 11) is 0. The van der Waals surface area contributed by atoms with Crippen LogP contribution in [0.4, 0.5) is 14.0 Å². The summed E-state index contributed by atoms with van der Waals surface area (Å²) in [5.74, 6) is -0.845. The first kappa shape index (κ1) is 19.7. The summed E-state index contributed by atoms with van der Waals surface area (Å²) in [5.41, 5.74) is 2.79. The number of aliphatic hydroxyl groups excluding tert-OH is 1. The number of nitrogens with zero attached hydrogens (tertiary/aromatic N) is 1. The fraction of sp³-hybridized carbons (Fsp3) is 0.500. The highest BCUT2D eigenvalue weighted by Gasteiger charge is 2.34. The topological polar surface area (TPSA) is 88.1 Å². The van der Waals surface area contributed by atoms with Crippen molar-refractivity contribution >= 4 is 12.2 Å². The summed E-state index contributed by atoms with van der Waals surface area (Å²) in [6.07, 6.45) is -1.80. The minimum Gasteiger partial charge on any atom is -0.449 e. The highest BCUT2D eigenvalue weighted by molar-refractivity contribution is 5.74. The van der Waals surface area contributed by atoms with E-state index in [-0.39, 0.29) is 13.2 Å². The Kier molecular flexibility index (Phi) is 8.56. The lowest BCUT2D eigenvalue weighted by Gasteiger charge is -2.33. The van der Waals surface area contributed by atoms with E-state index in [0.717, 1.165) is 5.01 Å². The molecule has 0 saturated heterocycles. The number of aliphatic hydroxyl groups is 1. The van der Waals surface area contributed by atoms with E-state index < -0.39 is 37.4 Å². The van der Waals surface area contributed by atoms with Crippen LogP contribution in [0.1, 0.15) is 25.3 Å². The molecule has 2 amide bonds. The molecule has 0 aliphatic carbocycles. The lowest BCUT2D eigenvalue weighted by atomic mass is 9.92. The van der Waals surface area contributed by atoms with E-state index in [0.29, 0.717) is 5.56 Å². The standard InChI is InChI=1S/C16H23FN2O5/c1-3-23-15(21)18-19(16(22)24-4-2)14(11-20)13(10-17)12-8-6-5-7-9-12/h5-9,13-14,20H,3-4,10-11H2,1-2H3,(H,18,21)/t13-,14+/m1/s1. The smallest absolute Gasteiger partial charge is 0.429 e. The summed E-state index contributed by atoms with van der Waals surface area (Å²) >= 11 is 0. The number of halogens is 1. The summed E-state index contributed by atoms with van der Waals surface area (Å²) in [5, 5.41) is 10.5. The van der Waals surface area contributed by atoms with Crippen molar-refractivity contribution in [2.45, 2.75) is 25.8 Å². The van der Waals surface area contributed by atoms with Gasteiger partial charge in [-0.1, -0.05) is 30.3 Å². The number of carbonyl (C=O) groups excluding carboxylic acids is 2. The van der Waals surface area contributed by atoms with Crippen LogP contribution in [0.3, 0.4) is 0 Å². The number of rotatable bonds is 7. The van der Waals surface area contributed by atoms with E-state index in [1.807, 2.05) is 0 Å². The van der Waals surface area contributed by atoms with Gasteiger partial charge in [0.25, 0.3) is 0 Å². The maximum absolute atomic E-state index is 13.6. The van der Waals surface area contributed by atoms with E-state index in [1.165, 1.54) is 0 Å². The van der Waals surface area contributed by atoms with Crippen molar-refractivity contribution < 1.29 is 28.6 Å². The minimum absolute atomic E-state index is 0.0591. The maximum atomic E-state index is 13.6. The second-order valence-electron chi connectivity index (χ2n) is 4.82. The Balaban J connectivity index is 3.09. The van der Waals surface area contributed by atoms with Gasteiger partial charge in [0.1, 0.15) is 0 Å². The Bertz CT molecular complexity index is 514. The van der Waals surface area contributed by atoms with Crippen LogP contribution in [0.15, 0.2) is 30.3 Å². The van der Waals surface area contributed by atoms with Gasteiger partial charge < -0.3 is 14.6 Å². The molecule has 0 radical (unpaired) electrons. The fourth-order valence-electron chi connectivity index (χ4n) is 2.22. The zero-order valence-corrected chi connectivity index (χ0v) is 13.8. The molecule has 7 nitrogen and oxygen atoms in total. The van der Waals surface area contributed by atoms with Gasteiger partial charge in [0.15, 0.2) is 0 Å². The van der Waals surface area contributed by atoms with Crippen LogP contribution in [0.2, 0.25) is 0 Å². The molecule has 0 fully saturated rings. The number of amides is 2. The first-order valence-corrected chi connectivity index (χ1v) is 7.70. The Hall–Kier alpha value is -2.35. The molecule has 0 heterocycles. The SMILES string of the molecule is CCOC(=O)NN(C(=O)OCC)[C@@H](CO)[C@H](CF)c1ccccc1. The molecule has 0 bridgehead atoms. The molecule has 2 atom stereocenters. The van der Waals surface area contributed by atoms with Crippen molar-refractivity contribution in [1.29, 1.82) is 0 Å². The van der Waals surface area contributed by atoms with Crippen molar-refractivity contribution in [2.75, 3.05) is 26.5 Å². The van der Waals surface area contributed by atoms with Crippen LogP contribution in [0.25, 0.3) is 0 Å². The molecule has 0 unspecified atom stereocenters. The average Bonchev–Trinajstić information content (AvgIpc) is 2.59. The minimum atomic E-state index is -1.05. The Labute approximate surface area is 140 Å². The van der Waals surface area contributed by atoms with E-state index >= 15 is 0 Å². The van der Waals surface area contributed by atoms with Crippen LogP contribution in [0.5, 0.6) is 0 Å². The van der Waals surface area contributed by atoms with E-state index in [1.54, 1.807) is 44.2 Å². The Morgan fingerprint density at radius 2 is 1.83 bits per heavy atom. The van der Waals surface area contributed by atoms with E-state index in [2.05, 4.69) is 5.43 Å². The lowest BCUT2D eigenvalue weighted by Crippen LogP contribution is -2.56. The van der Waals surface area contributed by atoms with Crippen LogP contribution < -0.4 is 5.43 Å². The van der Waals surface area contributed by atoms with Gasteiger partial charge in [0.2, 0.25) is 0 Å². The van der Waals surface area contributed by atoms with Gasteiger partial charge in [-0.15, -0.1) is 0 Å². The third-order valence-corrected chi connectivity index (χ3v) is 3.33. The van der Waals surface area contributed by atoms with Crippen LogP contribution in [0, 0.1) is 0 Å². The summed E-state index contributed by atoms with van der Waals surface area (Å²) in [4.78, 5) is 23.8. The van der Waals surface area contributed by atoms with E-state index in [4.69, 9.17) is 9.47 Å². The number of hydrogen-bond acceptors (Lipinski definition) is 5. The van der Waals surface area contributed by atoms with Crippen molar-refractivity contribution in [3.05, 3.63) is 35.9 Å². The third kappa shape index (κ3) is 5.38. The monoisotopic (exact) mass is 342 g/mol. The molecule has 0 aliphatic heterocycles. The third-order valence-electron chi connectivity index (χ3n) is 3.33. The molecular formula is C16H23FN2O5. The van der Waals surface area contributed by atoms with Gasteiger partial charge in [0, 0.05) is 5.92 Å². The van der Waals surface area contributed by atoms with Crippen molar-refractivity contribution in [3.8, 4) is 0 Å². The van der Waals surface area contributed by atoms with Crippen LogP contribution in [-0.4, -0.2) is 54.8 Å². The maximum Gasteiger partial charge on any atom is 0.429 e. The number of ether oxygens (including phenoxy) is 2. The highest BCUT2D eigenvalue weighted by atomic mass is 19.1. The quantitative estimate of drug-likeness (QED) is 0.742. The normalized spacial score (nSPS) is 12.8. The predicted molar refractivity (Wildman–Crippen MR) is 85.1 cm³/mol. The number of hydrogen-bond donors (Lipinski definition) is 2. The number of benzene rings is 1. The second kappa shape index (κ2) is 10.4. The largest absolute Gasteiger partial charge is 0.449 e. The summed E-state index contributed by atoms with van der Waals surface area (Å²) in [6.45, 7) is 1.94. The van der Waals surface area contributed by atoms with Gasteiger partial charge in [-0.05, 0) is 19.4 Å². The zero-order chi connectivity index (χ0) is 17.9. The number of alkyl halides is 1. The molecule has 0 saturated carbocycles. The fourth-order valence-corrected chi connectivity index (χ4v) is 2.22. The van der Waals surface area contributed by atoms with Gasteiger partial charge in [-0.2, -0.15) is 0 Å². The molecule has 2 N–H and O–H groups in total. The van der Waals surface area contributed by atoms with Crippen molar-refractivity contribution in [2.24, 2.45) is 0 Å². The van der Waals surface area contributed by atoms with E-state index in [9.17, 15) is 19.1 Å². The Morgan fingerprint density at radius 3 is 2.33 bits per heavy atom. The molecule has 0 aromatic heterocycles. The van der Waals surface area contributed by atoms with Crippen LogP contribution >= 0.6 is 0 Å². The second-order valence-corrected chi connectivity index (χ2v) is 4.82. The molecule has 1 aromatic rings.